The van der Waals surface area contributed by atoms with Crippen LogP contribution in [-0.4, -0.2) is 27.3 Å². The number of ether oxygens (including phenoxy) is 2. The van der Waals surface area contributed by atoms with Crippen LogP contribution in [0.15, 0.2) is 18.2 Å². The van der Waals surface area contributed by atoms with Crippen molar-refractivity contribution in [2.75, 3.05) is 27.3 Å². The highest BCUT2D eigenvalue weighted by molar-refractivity contribution is 5.35. The molecule has 0 radical (unpaired) electrons. The fraction of sp³-hybridized carbons (Fsp3) is 0.600. The number of piperidine rings is 1. The molecule has 3 nitrogen and oxygen atoms in total. The van der Waals surface area contributed by atoms with Crippen LogP contribution in [0.1, 0.15) is 24.0 Å². The van der Waals surface area contributed by atoms with Crippen LogP contribution in [0.5, 0.6) is 5.75 Å². The van der Waals surface area contributed by atoms with Crippen molar-refractivity contribution in [2.45, 2.75) is 25.9 Å². The van der Waals surface area contributed by atoms with Gasteiger partial charge in [0.05, 0.1) is 13.7 Å². The monoisotopic (exact) mass is 249 g/mol. The largest absolute Gasteiger partial charge is 0.497 e. The standard InChI is InChI=1S/C15H23NO2/c1-17-11-14-10-15(18-2)4-3-13(14)9-12-5-7-16-8-6-12/h3-4,10,12,16H,5-9,11H2,1-2H3. The van der Waals surface area contributed by atoms with E-state index in [1.165, 1.54) is 24.0 Å². The van der Waals surface area contributed by atoms with Gasteiger partial charge in [0, 0.05) is 7.11 Å². The van der Waals surface area contributed by atoms with Crippen molar-refractivity contribution < 1.29 is 9.47 Å². The van der Waals surface area contributed by atoms with Crippen LogP contribution < -0.4 is 10.1 Å². The Morgan fingerprint density at radius 1 is 1.17 bits per heavy atom. The molecule has 1 saturated heterocycles. The predicted octanol–water partition coefficient (Wildman–Crippen LogP) is 2.38. The number of rotatable bonds is 5. The zero-order chi connectivity index (χ0) is 12.8. The molecule has 1 aromatic carbocycles. The van der Waals surface area contributed by atoms with Gasteiger partial charge in [-0.15, -0.1) is 0 Å². The predicted molar refractivity (Wildman–Crippen MR) is 73.0 cm³/mol. The van der Waals surface area contributed by atoms with E-state index in [1.807, 2.05) is 0 Å². The first-order valence-electron chi connectivity index (χ1n) is 6.69. The smallest absolute Gasteiger partial charge is 0.119 e. The van der Waals surface area contributed by atoms with E-state index < -0.39 is 0 Å². The van der Waals surface area contributed by atoms with Gasteiger partial charge in [0.2, 0.25) is 0 Å². The van der Waals surface area contributed by atoms with Crippen molar-refractivity contribution in [2.24, 2.45) is 5.92 Å². The average Bonchev–Trinajstić information content (AvgIpc) is 2.42. The number of benzene rings is 1. The molecule has 18 heavy (non-hydrogen) atoms. The van der Waals surface area contributed by atoms with E-state index in [0.29, 0.717) is 6.61 Å². The molecule has 1 aromatic rings. The minimum atomic E-state index is 0.664. The van der Waals surface area contributed by atoms with Crippen LogP contribution >= 0.6 is 0 Å². The Bertz CT molecular complexity index is 373. The molecule has 0 amide bonds. The molecule has 0 atom stereocenters. The summed E-state index contributed by atoms with van der Waals surface area (Å²) in [4.78, 5) is 0. The van der Waals surface area contributed by atoms with E-state index in [1.54, 1.807) is 14.2 Å². The van der Waals surface area contributed by atoms with Crippen molar-refractivity contribution in [1.82, 2.24) is 5.32 Å². The summed E-state index contributed by atoms with van der Waals surface area (Å²) in [5, 5.41) is 3.41. The zero-order valence-electron chi connectivity index (χ0n) is 11.4. The first kappa shape index (κ1) is 13.4. The Labute approximate surface area is 109 Å². The van der Waals surface area contributed by atoms with Crippen molar-refractivity contribution in [1.29, 1.82) is 0 Å². The number of methoxy groups -OCH3 is 2. The molecule has 0 aliphatic carbocycles. The fourth-order valence-electron chi connectivity index (χ4n) is 2.62. The number of nitrogens with one attached hydrogen (secondary N) is 1. The molecule has 2 rings (SSSR count). The Balaban J connectivity index is 2.09. The van der Waals surface area contributed by atoms with E-state index in [2.05, 4.69) is 23.5 Å². The maximum atomic E-state index is 5.29. The Kier molecular flexibility index (Phi) is 5.02. The third kappa shape index (κ3) is 3.47. The maximum Gasteiger partial charge on any atom is 0.119 e. The van der Waals surface area contributed by atoms with Crippen LogP contribution in [0.3, 0.4) is 0 Å². The quantitative estimate of drug-likeness (QED) is 0.869. The molecular formula is C15H23NO2. The van der Waals surface area contributed by atoms with Gasteiger partial charge in [-0.05, 0) is 61.5 Å². The van der Waals surface area contributed by atoms with Crippen LogP contribution in [-0.2, 0) is 17.8 Å². The summed E-state index contributed by atoms with van der Waals surface area (Å²) in [7, 11) is 3.45. The minimum absolute atomic E-state index is 0.664. The van der Waals surface area contributed by atoms with Crippen LogP contribution in [0.4, 0.5) is 0 Å². The topological polar surface area (TPSA) is 30.5 Å². The molecular weight excluding hydrogens is 226 g/mol. The third-order valence-corrected chi connectivity index (χ3v) is 3.68. The summed E-state index contributed by atoms with van der Waals surface area (Å²) >= 11 is 0. The first-order chi connectivity index (χ1) is 8.83. The summed E-state index contributed by atoms with van der Waals surface area (Å²) in [5.74, 6) is 1.71. The lowest BCUT2D eigenvalue weighted by atomic mass is 9.89. The highest BCUT2D eigenvalue weighted by atomic mass is 16.5. The van der Waals surface area contributed by atoms with Gasteiger partial charge in [0.25, 0.3) is 0 Å². The highest BCUT2D eigenvalue weighted by Crippen LogP contribution is 2.24. The second-order valence-corrected chi connectivity index (χ2v) is 4.97. The van der Waals surface area contributed by atoms with Gasteiger partial charge in [-0.1, -0.05) is 6.07 Å². The van der Waals surface area contributed by atoms with Gasteiger partial charge in [0.1, 0.15) is 5.75 Å². The molecule has 0 saturated carbocycles. The second kappa shape index (κ2) is 6.76. The highest BCUT2D eigenvalue weighted by Gasteiger charge is 2.15. The maximum absolute atomic E-state index is 5.29. The van der Waals surface area contributed by atoms with Crippen molar-refractivity contribution in [3.63, 3.8) is 0 Å². The molecule has 1 fully saturated rings. The molecule has 0 bridgehead atoms. The van der Waals surface area contributed by atoms with Crippen LogP contribution in [0.2, 0.25) is 0 Å². The van der Waals surface area contributed by atoms with E-state index in [0.717, 1.165) is 31.2 Å². The Hall–Kier alpha value is -1.06. The van der Waals surface area contributed by atoms with Gasteiger partial charge in [-0.2, -0.15) is 0 Å². The second-order valence-electron chi connectivity index (χ2n) is 4.97. The van der Waals surface area contributed by atoms with E-state index >= 15 is 0 Å². The number of hydrogen-bond acceptors (Lipinski definition) is 3. The first-order valence-corrected chi connectivity index (χ1v) is 6.69. The van der Waals surface area contributed by atoms with Crippen molar-refractivity contribution in [3.8, 4) is 5.75 Å². The summed E-state index contributed by atoms with van der Waals surface area (Å²) in [6.45, 7) is 2.97. The number of hydrogen-bond donors (Lipinski definition) is 1. The molecule has 0 unspecified atom stereocenters. The third-order valence-electron chi connectivity index (χ3n) is 3.68. The molecule has 1 heterocycles. The van der Waals surface area contributed by atoms with Crippen LogP contribution in [0, 0.1) is 5.92 Å². The molecule has 1 aliphatic rings. The van der Waals surface area contributed by atoms with Crippen molar-refractivity contribution in [3.05, 3.63) is 29.3 Å². The zero-order valence-corrected chi connectivity index (χ0v) is 11.4. The molecule has 0 aromatic heterocycles. The normalized spacial score (nSPS) is 16.8. The van der Waals surface area contributed by atoms with E-state index in [-0.39, 0.29) is 0 Å². The van der Waals surface area contributed by atoms with Gasteiger partial charge < -0.3 is 14.8 Å². The molecule has 3 heteroatoms. The fourth-order valence-corrected chi connectivity index (χ4v) is 2.62. The van der Waals surface area contributed by atoms with Gasteiger partial charge >= 0.3 is 0 Å². The summed E-state index contributed by atoms with van der Waals surface area (Å²) in [6, 6.07) is 6.34. The molecule has 1 aliphatic heterocycles. The van der Waals surface area contributed by atoms with Crippen LogP contribution in [0.25, 0.3) is 0 Å². The van der Waals surface area contributed by atoms with Crippen molar-refractivity contribution >= 4 is 0 Å². The van der Waals surface area contributed by atoms with E-state index in [4.69, 9.17) is 9.47 Å². The lowest BCUT2D eigenvalue weighted by Gasteiger charge is -2.23. The summed E-state index contributed by atoms with van der Waals surface area (Å²) < 4.78 is 10.6. The Morgan fingerprint density at radius 3 is 2.61 bits per heavy atom. The SMILES string of the molecule is COCc1cc(OC)ccc1CC1CCNCC1. The molecule has 100 valence electrons. The lowest BCUT2D eigenvalue weighted by molar-refractivity contribution is 0.183. The Morgan fingerprint density at radius 2 is 1.94 bits per heavy atom. The van der Waals surface area contributed by atoms with Gasteiger partial charge in [-0.25, -0.2) is 0 Å². The van der Waals surface area contributed by atoms with Gasteiger partial charge in [-0.3, -0.25) is 0 Å². The summed E-state index contributed by atoms with van der Waals surface area (Å²) in [6.07, 6.45) is 3.71. The minimum Gasteiger partial charge on any atom is -0.497 e. The average molecular weight is 249 g/mol. The molecule has 0 spiro atoms. The lowest BCUT2D eigenvalue weighted by Crippen LogP contribution is -2.28. The molecule has 1 N–H and O–H groups in total. The van der Waals surface area contributed by atoms with Gasteiger partial charge in [0.15, 0.2) is 0 Å². The van der Waals surface area contributed by atoms with E-state index in [9.17, 15) is 0 Å². The summed E-state index contributed by atoms with van der Waals surface area (Å²) in [5.41, 5.74) is 2.67.